The Bertz CT molecular complexity index is 216. The van der Waals surface area contributed by atoms with Crippen molar-refractivity contribution in [3.05, 3.63) is 18.2 Å². The number of ketones is 1. The Labute approximate surface area is 57.9 Å². The van der Waals surface area contributed by atoms with Gasteiger partial charge in [0.05, 0.1) is 0 Å². The molecule has 1 rings (SSSR count). The van der Waals surface area contributed by atoms with Crippen molar-refractivity contribution in [2.75, 3.05) is 0 Å². The number of nitrogens with one attached hydrogen (secondary N) is 1. The fourth-order valence-corrected chi connectivity index (χ4v) is 0.598. The lowest BCUT2D eigenvalue weighted by Crippen LogP contribution is -2.17. The maximum atomic E-state index is 10.9. The normalized spacial score (nSPS) is 13.0. The molecule has 0 aliphatic heterocycles. The first-order valence-corrected chi connectivity index (χ1v) is 2.93. The third-order valence-electron chi connectivity index (χ3n) is 1.11. The van der Waals surface area contributed by atoms with Gasteiger partial charge in [0.1, 0.15) is 6.10 Å². The van der Waals surface area contributed by atoms with Crippen molar-refractivity contribution >= 4 is 5.78 Å². The summed E-state index contributed by atoms with van der Waals surface area (Å²) in [6, 6.07) is 0. The number of aromatic nitrogens is 2. The molecule has 10 heavy (non-hydrogen) atoms. The molecule has 0 saturated carbocycles. The molecular weight excluding hydrogens is 132 g/mol. The second kappa shape index (κ2) is 2.62. The van der Waals surface area contributed by atoms with E-state index in [0.29, 0.717) is 0 Å². The van der Waals surface area contributed by atoms with Gasteiger partial charge in [-0.05, 0) is 6.92 Å². The van der Waals surface area contributed by atoms with Crippen molar-refractivity contribution in [3.63, 3.8) is 0 Å². The fourth-order valence-electron chi connectivity index (χ4n) is 0.598. The summed E-state index contributed by atoms with van der Waals surface area (Å²) in [5, 5.41) is 8.78. The molecule has 54 valence electrons. The molecule has 1 aromatic heterocycles. The Morgan fingerprint density at radius 2 is 2.60 bits per heavy atom. The minimum Gasteiger partial charge on any atom is -0.385 e. The predicted molar refractivity (Wildman–Crippen MR) is 34.6 cm³/mol. The summed E-state index contributed by atoms with van der Waals surface area (Å²) < 4.78 is 0. The van der Waals surface area contributed by atoms with Crippen LogP contribution in [0.1, 0.15) is 17.5 Å². The Kier molecular flexibility index (Phi) is 1.82. The number of carbonyl (C=O) groups is 1. The SMILES string of the molecule is CC(O)C(=O)c1ncc[nH]1. The van der Waals surface area contributed by atoms with Gasteiger partial charge in [-0.15, -0.1) is 0 Å². The van der Waals surface area contributed by atoms with Crippen molar-refractivity contribution in [1.82, 2.24) is 9.97 Å². The number of hydrogen-bond donors (Lipinski definition) is 2. The topological polar surface area (TPSA) is 66.0 Å². The first-order chi connectivity index (χ1) is 4.72. The van der Waals surface area contributed by atoms with Crippen molar-refractivity contribution in [3.8, 4) is 0 Å². The molecule has 4 nitrogen and oxygen atoms in total. The number of aliphatic hydroxyl groups is 1. The van der Waals surface area contributed by atoms with E-state index in [1.54, 1.807) is 0 Å². The summed E-state index contributed by atoms with van der Waals surface area (Å²) >= 11 is 0. The molecule has 4 heteroatoms. The van der Waals surface area contributed by atoms with Crippen LogP contribution in [-0.4, -0.2) is 27.0 Å². The maximum Gasteiger partial charge on any atom is 0.226 e. The number of imidazole rings is 1. The van der Waals surface area contributed by atoms with E-state index in [1.165, 1.54) is 19.3 Å². The van der Waals surface area contributed by atoms with E-state index in [-0.39, 0.29) is 11.6 Å². The van der Waals surface area contributed by atoms with Crippen LogP contribution in [0, 0.1) is 0 Å². The molecule has 0 amide bonds. The average molecular weight is 140 g/mol. The number of Topliss-reactive ketones (excluding diaryl/α,β-unsaturated/α-hetero) is 1. The minimum atomic E-state index is -0.980. The summed E-state index contributed by atoms with van der Waals surface area (Å²) in [4.78, 5) is 17.1. The van der Waals surface area contributed by atoms with Crippen LogP contribution in [0.15, 0.2) is 12.4 Å². The van der Waals surface area contributed by atoms with Gasteiger partial charge in [0.2, 0.25) is 5.78 Å². The van der Waals surface area contributed by atoms with Gasteiger partial charge >= 0.3 is 0 Å². The van der Waals surface area contributed by atoms with Crippen LogP contribution in [0.25, 0.3) is 0 Å². The van der Waals surface area contributed by atoms with E-state index < -0.39 is 6.10 Å². The number of aliphatic hydroxyl groups excluding tert-OH is 1. The number of rotatable bonds is 2. The van der Waals surface area contributed by atoms with Crippen molar-refractivity contribution < 1.29 is 9.90 Å². The van der Waals surface area contributed by atoms with Gasteiger partial charge in [0.15, 0.2) is 5.82 Å². The summed E-state index contributed by atoms with van der Waals surface area (Å²) in [6.45, 7) is 1.41. The molecule has 2 N–H and O–H groups in total. The third-order valence-corrected chi connectivity index (χ3v) is 1.11. The molecular formula is C6H8N2O2. The quantitative estimate of drug-likeness (QED) is 0.567. The maximum absolute atomic E-state index is 10.9. The van der Waals surface area contributed by atoms with Gasteiger partial charge < -0.3 is 10.1 Å². The van der Waals surface area contributed by atoms with E-state index in [2.05, 4.69) is 9.97 Å². The lowest BCUT2D eigenvalue weighted by molar-refractivity contribution is 0.0769. The van der Waals surface area contributed by atoms with Gasteiger partial charge in [-0.3, -0.25) is 4.79 Å². The predicted octanol–water partition coefficient (Wildman–Crippen LogP) is -0.0268. The Morgan fingerprint density at radius 3 is 3.00 bits per heavy atom. The second-order valence-electron chi connectivity index (χ2n) is 1.98. The van der Waals surface area contributed by atoms with Gasteiger partial charge in [-0.25, -0.2) is 4.98 Å². The zero-order valence-electron chi connectivity index (χ0n) is 5.53. The highest BCUT2D eigenvalue weighted by Gasteiger charge is 2.12. The first kappa shape index (κ1) is 6.95. The average Bonchev–Trinajstić information content (AvgIpc) is 2.36. The first-order valence-electron chi connectivity index (χ1n) is 2.93. The lowest BCUT2D eigenvalue weighted by Gasteiger charge is -1.96. The van der Waals surface area contributed by atoms with Crippen LogP contribution in [0.5, 0.6) is 0 Å². The number of nitrogens with zero attached hydrogens (tertiary/aromatic N) is 1. The molecule has 0 spiro atoms. The summed E-state index contributed by atoms with van der Waals surface area (Å²) in [6.07, 6.45) is 2.02. The highest BCUT2D eigenvalue weighted by atomic mass is 16.3. The Hall–Kier alpha value is -1.16. The largest absolute Gasteiger partial charge is 0.385 e. The molecule has 0 bridgehead atoms. The molecule has 0 aromatic carbocycles. The molecule has 0 aliphatic rings. The van der Waals surface area contributed by atoms with Crippen LogP contribution in [-0.2, 0) is 0 Å². The van der Waals surface area contributed by atoms with E-state index in [0.717, 1.165) is 0 Å². The van der Waals surface area contributed by atoms with Gasteiger partial charge in [0, 0.05) is 12.4 Å². The number of hydrogen-bond acceptors (Lipinski definition) is 3. The highest BCUT2D eigenvalue weighted by Crippen LogP contribution is 1.94. The number of aromatic amines is 1. The smallest absolute Gasteiger partial charge is 0.226 e. The molecule has 0 aliphatic carbocycles. The third kappa shape index (κ3) is 1.22. The fraction of sp³-hybridized carbons (Fsp3) is 0.333. The molecule has 0 radical (unpaired) electrons. The van der Waals surface area contributed by atoms with E-state index in [9.17, 15) is 4.79 Å². The summed E-state index contributed by atoms with van der Waals surface area (Å²) in [7, 11) is 0. The standard InChI is InChI=1S/C6H8N2O2/c1-4(9)5(10)6-7-2-3-8-6/h2-4,9H,1H3,(H,7,8). The minimum absolute atomic E-state index is 0.204. The molecule has 0 saturated heterocycles. The zero-order valence-corrected chi connectivity index (χ0v) is 5.53. The second-order valence-corrected chi connectivity index (χ2v) is 1.98. The molecule has 1 unspecified atom stereocenters. The molecule has 1 heterocycles. The lowest BCUT2D eigenvalue weighted by atomic mass is 10.2. The Morgan fingerprint density at radius 1 is 1.90 bits per heavy atom. The van der Waals surface area contributed by atoms with E-state index in [1.807, 2.05) is 0 Å². The molecule has 1 aromatic rings. The van der Waals surface area contributed by atoms with Crippen molar-refractivity contribution in [1.29, 1.82) is 0 Å². The van der Waals surface area contributed by atoms with Crippen LogP contribution in [0.3, 0.4) is 0 Å². The zero-order chi connectivity index (χ0) is 7.56. The molecule has 0 fully saturated rings. The van der Waals surface area contributed by atoms with Gasteiger partial charge in [-0.2, -0.15) is 0 Å². The number of H-pyrrole nitrogens is 1. The number of carbonyl (C=O) groups excluding carboxylic acids is 1. The van der Waals surface area contributed by atoms with Crippen molar-refractivity contribution in [2.24, 2.45) is 0 Å². The highest BCUT2D eigenvalue weighted by molar-refractivity contribution is 5.95. The Balaban J connectivity index is 2.78. The van der Waals surface area contributed by atoms with Crippen LogP contribution in [0.2, 0.25) is 0 Å². The van der Waals surface area contributed by atoms with E-state index in [4.69, 9.17) is 5.11 Å². The molecule has 1 atom stereocenters. The van der Waals surface area contributed by atoms with Gasteiger partial charge in [-0.1, -0.05) is 0 Å². The van der Waals surface area contributed by atoms with Crippen LogP contribution in [0.4, 0.5) is 0 Å². The van der Waals surface area contributed by atoms with E-state index >= 15 is 0 Å². The van der Waals surface area contributed by atoms with Crippen LogP contribution < -0.4 is 0 Å². The monoisotopic (exact) mass is 140 g/mol. The van der Waals surface area contributed by atoms with Crippen LogP contribution >= 0.6 is 0 Å². The summed E-state index contributed by atoms with van der Waals surface area (Å²) in [5.41, 5.74) is 0. The summed E-state index contributed by atoms with van der Waals surface area (Å²) in [5.74, 6) is -0.181. The van der Waals surface area contributed by atoms with Crippen molar-refractivity contribution in [2.45, 2.75) is 13.0 Å². The van der Waals surface area contributed by atoms with Gasteiger partial charge in [0.25, 0.3) is 0 Å².